The fourth-order valence-corrected chi connectivity index (χ4v) is 3.30. The van der Waals surface area contributed by atoms with Gasteiger partial charge in [-0.3, -0.25) is 13.8 Å². The zero-order valence-electron chi connectivity index (χ0n) is 12.4. The molecule has 22 heavy (non-hydrogen) atoms. The Hall–Kier alpha value is -1.45. The lowest BCUT2D eigenvalue weighted by atomic mass is 9.85. The molecule has 4 unspecified atom stereocenters. The summed E-state index contributed by atoms with van der Waals surface area (Å²) in [5.74, 6) is -1.14. The predicted molar refractivity (Wildman–Crippen MR) is 75.4 cm³/mol. The third kappa shape index (κ3) is 3.47. The molecule has 1 N–H and O–H groups in total. The molecule has 0 aromatic carbocycles. The summed E-state index contributed by atoms with van der Waals surface area (Å²) in [6.45, 7) is 6.36. The van der Waals surface area contributed by atoms with Gasteiger partial charge < -0.3 is 14.8 Å². The number of carbonyl (C=O) groups is 2. The number of fused-ring (bicyclic) bond motifs is 2. The van der Waals surface area contributed by atoms with Crippen molar-refractivity contribution in [1.82, 2.24) is 5.32 Å². The number of rotatable bonds is 6. The fourth-order valence-electron chi connectivity index (χ4n) is 2.77. The third-order valence-corrected chi connectivity index (χ3v) is 4.26. The second kappa shape index (κ2) is 6.35. The van der Waals surface area contributed by atoms with Gasteiger partial charge in [0.2, 0.25) is 5.91 Å². The Balaban J connectivity index is 1.97. The van der Waals surface area contributed by atoms with E-state index in [4.69, 9.17) is 13.7 Å². The monoisotopic (exact) mass is 333 g/mol. The molecule has 124 valence electrons. The Morgan fingerprint density at radius 2 is 2.14 bits per heavy atom. The summed E-state index contributed by atoms with van der Waals surface area (Å²) < 4.78 is 37.5. The van der Waals surface area contributed by atoms with E-state index in [9.17, 15) is 18.0 Å². The van der Waals surface area contributed by atoms with Gasteiger partial charge in [-0.25, -0.2) is 8.42 Å². The minimum Gasteiger partial charge on any atom is -0.455 e. The SMILES string of the molecule is C=C(C)C(=O)NCC(=O)OC1C2CCC(C)(O2)C1O[SH](=O)=O. The smallest absolute Gasteiger partial charge is 0.325 e. The average molecular weight is 333 g/mol. The zero-order valence-corrected chi connectivity index (χ0v) is 13.3. The highest BCUT2D eigenvalue weighted by molar-refractivity contribution is 7.67. The lowest BCUT2D eigenvalue weighted by Gasteiger charge is -2.30. The van der Waals surface area contributed by atoms with E-state index >= 15 is 0 Å². The van der Waals surface area contributed by atoms with Gasteiger partial charge in [0.25, 0.3) is 11.0 Å². The molecule has 2 rings (SSSR count). The summed E-state index contributed by atoms with van der Waals surface area (Å²) in [6, 6.07) is 0. The maximum Gasteiger partial charge on any atom is 0.325 e. The van der Waals surface area contributed by atoms with Gasteiger partial charge in [-0.05, 0) is 26.7 Å². The molecule has 2 bridgehead atoms. The number of esters is 1. The molecular formula is C13H19NO7S. The molecule has 8 nitrogen and oxygen atoms in total. The van der Waals surface area contributed by atoms with Crippen LogP contribution in [0.25, 0.3) is 0 Å². The molecule has 2 aliphatic rings. The summed E-state index contributed by atoms with van der Waals surface area (Å²) in [5, 5.41) is 2.35. The number of thiol groups is 1. The fraction of sp³-hybridized carbons (Fsp3) is 0.692. The summed E-state index contributed by atoms with van der Waals surface area (Å²) in [5.41, 5.74) is -0.514. The van der Waals surface area contributed by atoms with Crippen molar-refractivity contribution in [3.63, 3.8) is 0 Å². The highest BCUT2D eigenvalue weighted by Crippen LogP contribution is 2.46. The minimum atomic E-state index is -3.09. The maximum absolute atomic E-state index is 11.8. The Kier molecular flexibility index (Phi) is 4.88. The van der Waals surface area contributed by atoms with Crippen LogP contribution in [0.15, 0.2) is 12.2 Å². The van der Waals surface area contributed by atoms with Crippen LogP contribution in [0.2, 0.25) is 0 Å². The van der Waals surface area contributed by atoms with Crippen LogP contribution in [-0.4, -0.2) is 50.8 Å². The molecule has 0 aromatic heterocycles. The van der Waals surface area contributed by atoms with Crippen LogP contribution < -0.4 is 5.32 Å². The molecule has 0 radical (unpaired) electrons. The molecule has 2 saturated heterocycles. The van der Waals surface area contributed by atoms with Crippen molar-refractivity contribution in [2.45, 2.75) is 50.6 Å². The van der Waals surface area contributed by atoms with Crippen molar-refractivity contribution in [1.29, 1.82) is 0 Å². The van der Waals surface area contributed by atoms with Gasteiger partial charge in [-0.15, -0.1) is 0 Å². The number of carbonyl (C=O) groups excluding carboxylic acids is 2. The Morgan fingerprint density at radius 1 is 1.45 bits per heavy atom. The number of hydrogen-bond acceptors (Lipinski definition) is 7. The topological polar surface area (TPSA) is 108 Å². The van der Waals surface area contributed by atoms with Crippen molar-refractivity contribution in [3.05, 3.63) is 12.2 Å². The van der Waals surface area contributed by atoms with E-state index in [0.29, 0.717) is 12.8 Å². The van der Waals surface area contributed by atoms with Crippen molar-refractivity contribution in [2.75, 3.05) is 6.54 Å². The maximum atomic E-state index is 11.8. The van der Waals surface area contributed by atoms with E-state index in [1.165, 1.54) is 6.92 Å². The normalized spacial score (nSPS) is 33.0. The van der Waals surface area contributed by atoms with E-state index in [1.54, 1.807) is 6.92 Å². The number of nitrogens with one attached hydrogen (secondary N) is 1. The molecule has 0 saturated carbocycles. The van der Waals surface area contributed by atoms with Crippen LogP contribution in [0, 0.1) is 0 Å². The molecule has 0 aliphatic carbocycles. The van der Waals surface area contributed by atoms with Crippen molar-refractivity contribution in [2.24, 2.45) is 0 Å². The molecule has 2 heterocycles. The predicted octanol–water partition coefficient (Wildman–Crippen LogP) is -0.547. The van der Waals surface area contributed by atoms with Gasteiger partial charge in [-0.2, -0.15) is 0 Å². The molecular weight excluding hydrogens is 314 g/mol. The number of hydrogen-bond donors (Lipinski definition) is 2. The van der Waals surface area contributed by atoms with E-state index in [-0.39, 0.29) is 12.1 Å². The standard InChI is InChI=1S/C13H19NO7S/c1-7(2)12(16)14-6-9(15)19-10-8-4-5-13(3,20-8)11(10)21-22(17)18/h8,10-11,22H,1,4-6H2,2-3H3,(H,14,16). The second-order valence-corrected chi connectivity index (χ2v) is 6.33. The quantitative estimate of drug-likeness (QED) is 0.381. The Bertz CT molecular complexity index is 565. The first-order valence-corrected chi connectivity index (χ1v) is 7.94. The van der Waals surface area contributed by atoms with Gasteiger partial charge in [-0.1, -0.05) is 6.58 Å². The minimum absolute atomic E-state index is 0.271. The molecule has 9 heteroatoms. The van der Waals surface area contributed by atoms with Crippen LogP contribution in [0.3, 0.4) is 0 Å². The second-order valence-electron chi connectivity index (χ2n) is 5.67. The van der Waals surface area contributed by atoms with Crippen molar-refractivity contribution < 1.29 is 31.7 Å². The van der Waals surface area contributed by atoms with Gasteiger partial charge >= 0.3 is 5.97 Å². The first-order chi connectivity index (χ1) is 10.2. The van der Waals surface area contributed by atoms with E-state index < -0.39 is 46.8 Å². The number of ether oxygens (including phenoxy) is 2. The number of amides is 1. The van der Waals surface area contributed by atoms with Gasteiger partial charge in [0, 0.05) is 5.57 Å². The van der Waals surface area contributed by atoms with Crippen molar-refractivity contribution in [3.8, 4) is 0 Å². The van der Waals surface area contributed by atoms with Crippen LogP contribution in [0.4, 0.5) is 0 Å². The zero-order chi connectivity index (χ0) is 16.5. The first-order valence-electron chi connectivity index (χ1n) is 6.85. The highest BCUT2D eigenvalue weighted by atomic mass is 32.2. The lowest BCUT2D eigenvalue weighted by Crippen LogP contribution is -2.48. The summed E-state index contributed by atoms with van der Waals surface area (Å²) in [6.07, 6.45) is -0.784. The molecule has 4 atom stereocenters. The van der Waals surface area contributed by atoms with Crippen LogP contribution in [0.5, 0.6) is 0 Å². The molecule has 2 fully saturated rings. The van der Waals surface area contributed by atoms with Crippen molar-refractivity contribution >= 4 is 22.9 Å². The summed E-state index contributed by atoms with van der Waals surface area (Å²) in [7, 11) is -3.09. The van der Waals surface area contributed by atoms with Crippen LogP contribution >= 0.6 is 0 Å². The largest absolute Gasteiger partial charge is 0.455 e. The van der Waals surface area contributed by atoms with Gasteiger partial charge in [0.1, 0.15) is 12.6 Å². The lowest BCUT2D eigenvalue weighted by molar-refractivity contribution is -0.155. The summed E-state index contributed by atoms with van der Waals surface area (Å²) in [4.78, 5) is 23.1. The van der Waals surface area contributed by atoms with Crippen LogP contribution in [-0.2, 0) is 34.2 Å². The molecule has 2 aliphatic heterocycles. The molecule has 1 amide bonds. The summed E-state index contributed by atoms with van der Waals surface area (Å²) >= 11 is 0. The molecule has 0 aromatic rings. The van der Waals surface area contributed by atoms with E-state index in [2.05, 4.69) is 11.9 Å². The highest BCUT2D eigenvalue weighted by Gasteiger charge is 2.60. The van der Waals surface area contributed by atoms with Gasteiger partial charge in [0.15, 0.2) is 6.10 Å². The van der Waals surface area contributed by atoms with E-state index in [0.717, 1.165) is 0 Å². The van der Waals surface area contributed by atoms with Gasteiger partial charge in [0.05, 0.1) is 11.7 Å². The Morgan fingerprint density at radius 3 is 2.73 bits per heavy atom. The molecule has 0 spiro atoms. The third-order valence-electron chi connectivity index (χ3n) is 3.86. The first kappa shape index (κ1) is 16.9. The Labute approximate surface area is 129 Å². The van der Waals surface area contributed by atoms with Crippen LogP contribution in [0.1, 0.15) is 26.7 Å². The van der Waals surface area contributed by atoms with E-state index in [1.807, 2.05) is 0 Å². The average Bonchev–Trinajstić information content (AvgIpc) is 2.92.